The third kappa shape index (κ3) is 17.1. The fraction of sp³-hybridized carbons (Fsp3) is 0.629. The lowest BCUT2D eigenvalue weighted by Crippen LogP contribution is -2.39. The number of carbonyl (C=O) groups is 1. The zero-order valence-electron chi connectivity index (χ0n) is 25.3. The molecule has 0 aliphatic rings. The number of hydrogen-bond donors (Lipinski definition) is 0. The van der Waals surface area contributed by atoms with Gasteiger partial charge < -0.3 is 14.0 Å². The smallest absolute Gasteiger partial charge is 0.306 e. The molecule has 0 radical (unpaired) electrons. The Bertz CT molecular complexity index is 863. The summed E-state index contributed by atoms with van der Waals surface area (Å²) in [6.07, 6.45) is 18.4. The normalized spacial score (nSPS) is 11.5. The Hall–Kier alpha value is -2.33. The summed E-state index contributed by atoms with van der Waals surface area (Å²) in [6, 6.07) is 19.0. The minimum absolute atomic E-state index is 0.110. The van der Waals surface area contributed by atoms with Crippen LogP contribution in [-0.2, 0) is 22.5 Å². The molecule has 0 aliphatic carbocycles. The summed E-state index contributed by atoms with van der Waals surface area (Å²) >= 11 is 0. The van der Waals surface area contributed by atoms with E-state index in [-0.39, 0.29) is 5.97 Å². The Kier molecular flexibility index (Phi) is 17.3. The molecular formula is C35H56NO3+. The Morgan fingerprint density at radius 2 is 1.28 bits per heavy atom. The fourth-order valence-electron chi connectivity index (χ4n) is 5.06. The molecule has 0 aliphatic heterocycles. The first-order valence-electron chi connectivity index (χ1n) is 15.7. The fourth-order valence-corrected chi connectivity index (χ4v) is 5.06. The molecule has 0 atom stereocenters. The number of hydrogen-bond acceptors (Lipinski definition) is 3. The highest BCUT2D eigenvalue weighted by atomic mass is 16.5. The SMILES string of the molecule is CCCCCCCCCCCCCc1ccc(OCCCOC(=O)CCC[N+](C)(C)Cc2ccccc2)cc1. The Morgan fingerprint density at radius 1 is 0.667 bits per heavy atom. The predicted octanol–water partition coefficient (Wildman–Crippen LogP) is 8.91. The van der Waals surface area contributed by atoms with Crippen LogP contribution in [0.3, 0.4) is 0 Å². The number of quaternary nitrogens is 1. The van der Waals surface area contributed by atoms with Gasteiger partial charge in [-0.2, -0.15) is 0 Å². The third-order valence-electron chi connectivity index (χ3n) is 7.41. The number of esters is 1. The number of benzene rings is 2. The van der Waals surface area contributed by atoms with Crippen LogP contribution >= 0.6 is 0 Å². The average Bonchev–Trinajstić information content (AvgIpc) is 2.92. The van der Waals surface area contributed by atoms with Crippen LogP contribution in [0.5, 0.6) is 5.75 Å². The maximum atomic E-state index is 12.1. The van der Waals surface area contributed by atoms with Gasteiger partial charge in [0.25, 0.3) is 0 Å². The molecule has 0 amide bonds. The lowest BCUT2D eigenvalue weighted by atomic mass is 10.0. The highest BCUT2D eigenvalue weighted by Gasteiger charge is 2.16. The van der Waals surface area contributed by atoms with E-state index < -0.39 is 0 Å². The van der Waals surface area contributed by atoms with Crippen LogP contribution in [0.1, 0.15) is 108 Å². The van der Waals surface area contributed by atoms with Gasteiger partial charge >= 0.3 is 5.97 Å². The molecule has 0 aromatic heterocycles. The van der Waals surface area contributed by atoms with E-state index in [1.165, 1.54) is 81.8 Å². The zero-order valence-corrected chi connectivity index (χ0v) is 25.3. The molecule has 0 bridgehead atoms. The van der Waals surface area contributed by atoms with Crippen LogP contribution in [0.2, 0.25) is 0 Å². The minimum atomic E-state index is -0.110. The molecule has 2 aromatic carbocycles. The maximum Gasteiger partial charge on any atom is 0.306 e. The van der Waals surface area contributed by atoms with Crippen molar-refractivity contribution < 1.29 is 18.8 Å². The van der Waals surface area contributed by atoms with E-state index >= 15 is 0 Å². The van der Waals surface area contributed by atoms with Gasteiger partial charge in [-0.25, -0.2) is 0 Å². The van der Waals surface area contributed by atoms with E-state index in [9.17, 15) is 4.79 Å². The molecule has 0 saturated heterocycles. The van der Waals surface area contributed by atoms with Crippen LogP contribution in [0, 0.1) is 0 Å². The molecule has 39 heavy (non-hydrogen) atoms. The van der Waals surface area contributed by atoms with Gasteiger partial charge in [0.1, 0.15) is 12.3 Å². The quantitative estimate of drug-likeness (QED) is 0.0805. The first-order valence-corrected chi connectivity index (χ1v) is 15.7. The topological polar surface area (TPSA) is 35.5 Å². The van der Waals surface area contributed by atoms with Crippen molar-refractivity contribution in [3.05, 3.63) is 65.7 Å². The van der Waals surface area contributed by atoms with Crippen molar-refractivity contribution in [3.8, 4) is 5.75 Å². The van der Waals surface area contributed by atoms with Crippen molar-refractivity contribution in [1.82, 2.24) is 0 Å². The Labute approximate surface area is 239 Å². The van der Waals surface area contributed by atoms with Gasteiger partial charge in [-0.3, -0.25) is 4.79 Å². The molecule has 218 valence electrons. The molecule has 0 heterocycles. The average molecular weight is 539 g/mol. The summed E-state index contributed by atoms with van der Waals surface area (Å²) in [5, 5.41) is 0. The highest BCUT2D eigenvalue weighted by molar-refractivity contribution is 5.69. The molecule has 0 spiro atoms. The third-order valence-corrected chi connectivity index (χ3v) is 7.41. The molecular weight excluding hydrogens is 482 g/mol. The van der Waals surface area contributed by atoms with E-state index in [0.29, 0.717) is 26.1 Å². The number of aryl methyl sites for hydroxylation is 1. The maximum absolute atomic E-state index is 12.1. The standard InChI is InChI=1S/C35H56NO3/c1-4-5-6-7-8-9-10-11-12-13-15-20-32-24-26-34(27-25-32)38-29-19-30-39-35(37)23-18-28-36(2,3)31-33-21-16-14-17-22-33/h14,16-17,21-22,24-27H,4-13,15,18-20,23,28-31H2,1-3H3/q+1. The van der Waals surface area contributed by atoms with Gasteiger partial charge in [-0.05, 0) is 30.5 Å². The summed E-state index contributed by atoms with van der Waals surface area (Å²) in [6.45, 7) is 5.17. The highest BCUT2D eigenvalue weighted by Crippen LogP contribution is 2.16. The van der Waals surface area contributed by atoms with Crippen molar-refractivity contribution >= 4 is 5.97 Å². The molecule has 2 rings (SSSR count). The first-order chi connectivity index (χ1) is 19.0. The van der Waals surface area contributed by atoms with E-state index in [1.54, 1.807) is 0 Å². The molecule has 0 fully saturated rings. The zero-order chi connectivity index (χ0) is 28.0. The lowest BCUT2D eigenvalue weighted by molar-refractivity contribution is -0.903. The van der Waals surface area contributed by atoms with E-state index in [2.05, 4.69) is 69.6 Å². The van der Waals surface area contributed by atoms with Gasteiger partial charge in [0, 0.05) is 18.4 Å². The van der Waals surface area contributed by atoms with Crippen molar-refractivity contribution in [2.75, 3.05) is 33.9 Å². The van der Waals surface area contributed by atoms with Gasteiger partial charge in [0.2, 0.25) is 0 Å². The van der Waals surface area contributed by atoms with Crippen LogP contribution in [0.4, 0.5) is 0 Å². The van der Waals surface area contributed by atoms with Crippen molar-refractivity contribution in [1.29, 1.82) is 0 Å². The molecule has 0 N–H and O–H groups in total. The monoisotopic (exact) mass is 538 g/mol. The van der Waals surface area contributed by atoms with Crippen LogP contribution in [0.25, 0.3) is 0 Å². The van der Waals surface area contributed by atoms with Gasteiger partial charge in [0.05, 0.1) is 40.3 Å². The second-order valence-electron chi connectivity index (χ2n) is 11.8. The molecule has 4 heteroatoms. The van der Waals surface area contributed by atoms with Gasteiger partial charge in [0.15, 0.2) is 0 Å². The second-order valence-corrected chi connectivity index (χ2v) is 11.8. The van der Waals surface area contributed by atoms with Crippen molar-refractivity contribution in [3.63, 3.8) is 0 Å². The van der Waals surface area contributed by atoms with E-state index in [0.717, 1.165) is 36.2 Å². The number of unbranched alkanes of at least 4 members (excludes halogenated alkanes) is 10. The minimum Gasteiger partial charge on any atom is -0.493 e. The van der Waals surface area contributed by atoms with E-state index in [1.807, 2.05) is 6.07 Å². The lowest BCUT2D eigenvalue weighted by Gasteiger charge is -2.29. The molecule has 2 aromatic rings. The number of carbonyl (C=O) groups excluding carboxylic acids is 1. The second kappa shape index (κ2) is 20.6. The number of ether oxygens (including phenoxy) is 2. The number of rotatable bonds is 23. The summed E-state index contributed by atoms with van der Waals surface area (Å²) in [7, 11) is 4.42. The Balaban J connectivity index is 1.43. The molecule has 4 nitrogen and oxygen atoms in total. The summed E-state index contributed by atoms with van der Waals surface area (Å²) in [4.78, 5) is 12.1. The van der Waals surface area contributed by atoms with Gasteiger partial charge in [-0.15, -0.1) is 0 Å². The summed E-state index contributed by atoms with van der Waals surface area (Å²) in [5.74, 6) is 0.781. The summed E-state index contributed by atoms with van der Waals surface area (Å²) in [5.41, 5.74) is 2.71. The largest absolute Gasteiger partial charge is 0.493 e. The van der Waals surface area contributed by atoms with Gasteiger partial charge in [-0.1, -0.05) is 114 Å². The Morgan fingerprint density at radius 3 is 1.92 bits per heavy atom. The van der Waals surface area contributed by atoms with Crippen LogP contribution < -0.4 is 4.74 Å². The van der Waals surface area contributed by atoms with Crippen LogP contribution in [0.15, 0.2) is 54.6 Å². The molecule has 0 unspecified atom stereocenters. The predicted molar refractivity (Wildman–Crippen MR) is 164 cm³/mol. The number of nitrogens with zero attached hydrogens (tertiary/aromatic N) is 1. The summed E-state index contributed by atoms with van der Waals surface area (Å²) < 4.78 is 12.1. The van der Waals surface area contributed by atoms with Crippen LogP contribution in [-0.4, -0.2) is 44.3 Å². The van der Waals surface area contributed by atoms with E-state index in [4.69, 9.17) is 9.47 Å². The van der Waals surface area contributed by atoms with Crippen molar-refractivity contribution in [2.45, 2.75) is 110 Å². The first kappa shape index (κ1) is 32.9. The van der Waals surface area contributed by atoms with Crippen molar-refractivity contribution in [2.24, 2.45) is 0 Å². The molecule has 0 saturated carbocycles.